The number of benzene rings is 10. The molecule has 10 rings (SSSR count). The second-order valence-electron chi connectivity index (χ2n) is 14.9. The predicted molar refractivity (Wildman–Crippen MR) is 251 cm³/mol. The van der Waals surface area contributed by atoms with Crippen LogP contribution in [0, 0.1) is 0 Å². The fourth-order valence-electron chi connectivity index (χ4n) is 8.45. The zero-order chi connectivity index (χ0) is 39.4. The van der Waals surface area contributed by atoms with E-state index in [9.17, 15) is 0 Å². The number of fused-ring (bicyclic) bond motifs is 1. The van der Waals surface area contributed by atoms with Gasteiger partial charge in [0.15, 0.2) is 0 Å². The average molecular weight is 752 g/mol. The molecule has 0 saturated carbocycles. The van der Waals surface area contributed by atoms with Gasteiger partial charge in [-0.25, -0.2) is 0 Å². The van der Waals surface area contributed by atoms with E-state index in [0.29, 0.717) is 0 Å². The maximum atomic E-state index is 2.42. The molecule has 0 aromatic heterocycles. The molecule has 278 valence electrons. The summed E-state index contributed by atoms with van der Waals surface area (Å²) >= 11 is 0. The van der Waals surface area contributed by atoms with Gasteiger partial charge in [0, 0.05) is 16.9 Å². The SMILES string of the molecule is c1ccc(-c2ccc(N(c3cccc(-c4cccc5ccccc45)c3)c3ccccc3-c3ccccc3-c3cc(-c4ccccc4)ccc3-c3ccccc3)cc2)cc1. The molecule has 0 saturated heterocycles. The van der Waals surface area contributed by atoms with Crippen molar-refractivity contribution in [1.29, 1.82) is 0 Å². The molecule has 59 heavy (non-hydrogen) atoms. The number of nitrogens with zero attached hydrogens (tertiary/aromatic N) is 1. The molecule has 0 amide bonds. The summed E-state index contributed by atoms with van der Waals surface area (Å²) < 4.78 is 0. The maximum Gasteiger partial charge on any atom is 0.0540 e. The molecule has 0 unspecified atom stereocenters. The quantitative estimate of drug-likeness (QED) is 0.142. The van der Waals surface area contributed by atoms with Gasteiger partial charge in [0.1, 0.15) is 0 Å². The molecule has 0 heterocycles. The Balaban J connectivity index is 1.17. The third-order valence-electron chi connectivity index (χ3n) is 11.3. The molecule has 1 heteroatoms. The summed E-state index contributed by atoms with van der Waals surface area (Å²) in [5, 5.41) is 2.48. The van der Waals surface area contributed by atoms with Crippen molar-refractivity contribution in [2.24, 2.45) is 0 Å². The summed E-state index contributed by atoms with van der Waals surface area (Å²) in [5.74, 6) is 0. The van der Waals surface area contributed by atoms with E-state index in [4.69, 9.17) is 0 Å². The Labute approximate surface area is 346 Å². The van der Waals surface area contributed by atoms with E-state index in [2.05, 4.69) is 254 Å². The molecule has 0 bridgehead atoms. The molecule has 0 aliphatic carbocycles. The molecular formula is C58H41N. The van der Waals surface area contributed by atoms with E-state index in [0.717, 1.165) is 22.6 Å². The predicted octanol–water partition coefficient (Wildman–Crippen LogP) is 16.3. The number of para-hydroxylation sites is 1. The van der Waals surface area contributed by atoms with Gasteiger partial charge in [0.05, 0.1) is 5.69 Å². The lowest BCUT2D eigenvalue weighted by Gasteiger charge is -2.29. The van der Waals surface area contributed by atoms with Gasteiger partial charge in [0.25, 0.3) is 0 Å². The fraction of sp³-hybridized carbons (Fsp3) is 0. The minimum Gasteiger partial charge on any atom is -0.310 e. The fourth-order valence-corrected chi connectivity index (χ4v) is 8.45. The lowest BCUT2D eigenvalue weighted by atomic mass is 9.87. The largest absolute Gasteiger partial charge is 0.310 e. The Morgan fingerprint density at radius 2 is 0.712 bits per heavy atom. The molecule has 10 aromatic rings. The molecule has 0 spiro atoms. The summed E-state index contributed by atoms with van der Waals surface area (Å²) in [5.41, 5.74) is 17.5. The lowest BCUT2D eigenvalue weighted by Crippen LogP contribution is -2.11. The second-order valence-corrected chi connectivity index (χ2v) is 14.9. The Bertz CT molecular complexity index is 3020. The van der Waals surface area contributed by atoms with Crippen LogP contribution in [0.15, 0.2) is 249 Å². The highest BCUT2D eigenvalue weighted by Crippen LogP contribution is 2.47. The Kier molecular flexibility index (Phi) is 9.68. The minimum atomic E-state index is 1.08. The summed E-state index contributed by atoms with van der Waals surface area (Å²) in [6.07, 6.45) is 0. The molecule has 0 N–H and O–H groups in total. The van der Waals surface area contributed by atoms with E-state index >= 15 is 0 Å². The molecule has 1 nitrogen and oxygen atoms in total. The van der Waals surface area contributed by atoms with Crippen LogP contribution in [-0.4, -0.2) is 0 Å². The maximum absolute atomic E-state index is 2.42. The molecule has 0 atom stereocenters. The highest BCUT2D eigenvalue weighted by atomic mass is 15.1. The van der Waals surface area contributed by atoms with Crippen molar-refractivity contribution in [2.45, 2.75) is 0 Å². The van der Waals surface area contributed by atoms with E-state index in [1.807, 2.05) is 0 Å². The minimum absolute atomic E-state index is 1.08. The lowest BCUT2D eigenvalue weighted by molar-refractivity contribution is 1.28. The van der Waals surface area contributed by atoms with Crippen LogP contribution in [0.2, 0.25) is 0 Å². The van der Waals surface area contributed by atoms with Gasteiger partial charge in [-0.2, -0.15) is 0 Å². The van der Waals surface area contributed by atoms with E-state index in [-0.39, 0.29) is 0 Å². The van der Waals surface area contributed by atoms with Crippen LogP contribution in [0.5, 0.6) is 0 Å². The van der Waals surface area contributed by atoms with Crippen LogP contribution in [0.4, 0.5) is 17.1 Å². The Hall–Kier alpha value is -7.74. The smallest absolute Gasteiger partial charge is 0.0540 e. The van der Waals surface area contributed by atoms with Gasteiger partial charge < -0.3 is 4.90 Å². The van der Waals surface area contributed by atoms with E-state index in [1.165, 1.54) is 72.0 Å². The first-order valence-electron chi connectivity index (χ1n) is 20.3. The molecule has 0 radical (unpaired) electrons. The molecular weight excluding hydrogens is 711 g/mol. The number of rotatable bonds is 9. The van der Waals surface area contributed by atoms with Gasteiger partial charge in [-0.05, 0) is 108 Å². The van der Waals surface area contributed by atoms with Crippen LogP contribution in [0.3, 0.4) is 0 Å². The normalized spacial score (nSPS) is 11.1. The monoisotopic (exact) mass is 751 g/mol. The average Bonchev–Trinajstić information content (AvgIpc) is 3.32. The Morgan fingerprint density at radius 3 is 1.44 bits per heavy atom. The van der Waals surface area contributed by atoms with Crippen molar-refractivity contribution in [1.82, 2.24) is 0 Å². The van der Waals surface area contributed by atoms with Crippen LogP contribution >= 0.6 is 0 Å². The van der Waals surface area contributed by atoms with Crippen LogP contribution in [0.25, 0.3) is 77.5 Å². The standard InChI is InChI=1S/C58H41N/c1-4-18-42(19-5-1)44-34-37-49(38-35-44)59(50-27-16-26-48(40-50)52-32-17-25-46-24-10-11-28-51(46)52)58-33-15-14-31-56(58)54-29-12-13-30-55(54)57-41-47(43-20-6-2-7-21-43)36-39-53(57)45-22-8-3-9-23-45/h1-41H. The van der Waals surface area contributed by atoms with Crippen molar-refractivity contribution in [3.63, 3.8) is 0 Å². The van der Waals surface area contributed by atoms with E-state index in [1.54, 1.807) is 0 Å². The highest BCUT2D eigenvalue weighted by molar-refractivity contribution is 6.00. The van der Waals surface area contributed by atoms with Crippen molar-refractivity contribution < 1.29 is 0 Å². The zero-order valence-electron chi connectivity index (χ0n) is 32.6. The first-order valence-corrected chi connectivity index (χ1v) is 20.3. The first-order chi connectivity index (χ1) is 29.3. The first kappa shape index (κ1) is 35.7. The van der Waals surface area contributed by atoms with Gasteiger partial charge in [-0.15, -0.1) is 0 Å². The molecule has 0 fully saturated rings. The zero-order valence-corrected chi connectivity index (χ0v) is 32.6. The van der Waals surface area contributed by atoms with Gasteiger partial charge in [-0.3, -0.25) is 0 Å². The highest BCUT2D eigenvalue weighted by Gasteiger charge is 2.21. The van der Waals surface area contributed by atoms with Crippen LogP contribution in [-0.2, 0) is 0 Å². The third-order valence-corrected chi connectivity index (χ3v) is 11.3. The summed E-state index contributed by atoms with van der Waals surface area (Å²) in [6.45, 7) is 0. The molecule has 0 aliphatic heterocycles. The van der Waals surface area contributed by atoms with Crippen molar-refractivity contribution >= 4 is 27.8 Å². The summed E-state index contributed by atoms with van der Waals surface area (Å²) in [6, 6.07) is 89.9. The van der Waals surface area contributed by atoms with Crippen molar-refractivity contribution in [3.8, 4) is 66.8 Å². The van der Waals surface area contributed by atoms with E-state index < -0.39 is 0 Å². The third kappa shape index (κ3) is 7.12. The topological polar surface area (TPSA) is 3.24 Å². The van der Waals surface area contributed by atoms with Gasteiger partial charge >= 0.3 is 0 Å². The van der Waals surface area contributed by atoms with Crippen LogP contribution < -0.4 is 4.90 Å². The number of anilines is 3. The van der Waals surface area contributed by atoms with Gasteiger partial charge in [-0.1, -0.05) is 212 Å². The van der Waals surface area contributed by atoms with Gasteiger partial charge in [0.2, 0.25) is 0 Å². The molecule has 0 aliphatic rings. The van der Waals surface area contributed by atoms with Crippen LogP contribution in [0.1, 0.15) is 0 Å². The summed E-state index contributed by atoms with van der Waals surface area (Å²) in [4.78, 5) is 2.42. The second kappa shape index (κ2) is 16.0. The molecule has 10 aromatic carbocycles. The number of hydrogen-bond acceptors (Lipinski definition) is 1. The Morgan fingerprint density at radius 1 is 0.220 bits per heavy atom. The summed E-state index contributed by atoms with van der Waals surface area (Å²) in [7, 11) is 0. The number of hydrogen-bond donors (Lipinski definition) is 0. The van der Waals surface area contributed by atoms with Crippen molar-refractivity contribution in [2.75, 3.05) is 4.90 Å². The van der Waals surface area contributed by atoms with Crippen molar-refractivity contribution in [3.05, 3.63) is 249 Å².